The van der Waals surface area contributed by atoms with Crippen molar-refractivity contribution >= 4 is 31.6 Å². The van der Waals surface area contributed by atoms with E-state index in [-0.39, 0.29) is 10.9 Å². The number of halogens is 1. The van der Waals surface area contributed by atoms with Crippen LogP contribution in [0, 0.1) is 0 Å². The first-order valence-corrected chi connectivity index (χ1v) is 8.89. The van der Waals surface area contributed by atoms with E-state index < -0.39 is 10.0 Å². The molecule has 0 spiro atoms. The minimum atomic E-state index is -3.64. The number of benzene rings is 2. The fourth-order valence-corrected chi connectivity index (χ4v) is 2.84. The van der Waals surface area contributed by atoms with Crippen molar-refractivity contribution in [2.75, 3.05) is 5.32 Å². The summed E-state index contributed by atoms with van der Waals surface area (Å²) in [7, 11) is -3.64. The number of primary sulfonamides is 1. The molecule has 1 unspecified atom stereocenters. The van der Waals surface area contributed by atoms with E-state index in [1.165, 1.54) is 17.7 Å². The van der Waals surface area contributed by atoms with Crippen LogP contribution in [-0.2, 0) is 10.0 Å². The Morgan fingerprint density at radius 3 is 2.14 bits per heavy atom. The molecule has 0 aliphatic heterocycles. The third-order valence-electron chi connectivity index (χ3n) is 3.20. The summed E-state index contributed by atoms with van der Waals surface area (Å²) < 4.78 is 23.5. The third kappa shape index (κ3) is 4.30. The van der Waals surface area contributed by atoms with Crippen molar-refractivity contribution in [1.29, 1.82) is 0 Å². The van der Waals surface area contributed by atoms with Gasteiger partial charge in [0.1, 0.15) is 0 Å². The SMILES string of the molecule is CCC(Nc1ccc(S(N)(=O)=O)cc1)c1ccc(Br)cc1. The van der Waals surface area contributed by atoms with Crippen LogP contribution in [0.15, 0.2) is 57.9 Å². The lowest BCUT2D eigenvalue weighted by Crippen LogP contribution is -2.13. The van der Waals surface area contributed by atoms with Gasteiger partial charge in [0.05, 0.1) is 10.9 Å². The molecule has 0 radical (unpaired) electrons. The van der Waals surface area contributed by atoms with Gasteiger partial charge in [0.2, 0.25) is 10.0 Å². The molecule has 0 saturated heterocycles. The number of hydrogen-bond acceptors (Lipinski definition) is 3. The van der Waals surface area contributed by atoms with Crippen molar-refractivity contribution in [1.82, 2.24) is 0 Å². The largest absolute Gasteiger partial charge is 0.378 e. The zero-order chi connectivity index (χ0) is 15.5. The van der Waals surface area contributed by atoms with Crippen LogP contribution < -0.4 is 10.5 Å². The predicted octanol–water partition coefficient (Wildman–Crippen LogP) is 3.66. The smallest absolute Gasteiger partial charge is 0.238 e. The Hall–Kier alpha value is -1.37. The molecular weight excluding hydrogens is 352 g/mol. The van der Waals surface area contributed by atoms with Crippen LogP contribution in [0.2, 0.25) is 0 Å². The van der Waals surface area contributed by atoms with Gasteiger partial charge in [0.15, 0.2) is 0 Å². The quantitative estimate of drug-likeness (QED) is 0.845. The molecule has 0 aliphatic rings. The zero-order valence-corrected chi connectivity index (χ0v) is 14.0. The molecule has 0 aromatic heterocycles. The average Bonchev–Trinajstić information content (AvgIpc) is 2.45. The molecule has 0 bridgehead atoms. The second-order valence-corrected chi connectivity index (χ2v) is 7.20. The molecule has 2 aromatic rings. The van der Waals surface area contributed by atoms with Crippen molar-refractivity contribution in [3.63, 3.8) is 0 Å². The molecule has 0 aliphatic carbocycles. The van der Waals surface area contributed by atoms with Gasteiger partial charge in [-0.15, -0.1) is 0 Å². The van der Waals surface area contributed by atoms with E-state index in [1.54, 1.807) is 12.1 Å². The minimum absolute atomic E-state index is 0.116. The van der Waals surface area contributed by atoms with E-state index >= 15 is 0 Å². The molecule has 3 N–H and O–H groups in total. The number of sulfonamides is 1. The van der Waals surface area contributed by atoms with Crippen LogP contribution >= 0.6 is 15.9 Å². The molecule has 21 heavy (non-hydrogen) atoms. The summed E-state index contributed by atoms with van der Waals surface area (Å²) in [5.41, 5.74) is 2.04. The fraction of sp³-hybridized carbons (Fsp3) is 0.200. The summed E-state index contributed by atoms with van der Waals surface area (Å²) in [4.78, 5) is 0.116. The van der Waals surface area contributed by atoms with Gasteiger partial charge in [-0.1, -0.05) is 35.0 Å². The van der Waals surface area contributed by atoms with Crippen molar-refractivity contribution in [3.8, 4) is 0 Å². The highest BCUT2D eigenvalue weighted by atomic mass is 79.9. The Balaban J connectivity index is 2.17. The van der Waals surface area contributed by atoms with Crippen molar-refractivity contribution < 1.29 is 8.42 Å². The standard InChI is InChI=1S/C15H17BrN2O2S/c1-2-15(11-3-5-12(16)6-4-11)18-13-7-9-14(10-8-13)21(17,19)20/h3-10,15,18H,2H2,1H3,(H2,17,19,20). The van der Waals surface area contributed by atoms with Gasteiger partial charge in [-0.25, -0.2) is 13.6 Å². The maximum absolute atomic E-state index is 11.2. The van der Waals surface area contributed by atoms with E-state index in [0.29, 0.717) is 0 Å². The van der Waals surface area contributed by atoms with Crippen LogP contribution in [0.1, 0.15) is 24.9 Å². The minimum Gasteiger partial charge on any atom is -0.378 e. The van der Waals surface area contributed by atoms with Gasteiger partial charge >= 0.3 is 0 Å². The molecule has 0 fully saturated rings. The van der Waals surface area contributed by atoms with Gasteiger partial charge < -0.3 is 5.32 Å². The number of nitrogens with two attached hydrogens (primary N) is 1. The molecule has 4 nitrogen and oxygen atoms in total. The molecule has 0 amide bonds. The number of nitrogens with one attached hydrogen (secondary N) is 1. The van der Waals surface area contributed by atoms with Crippen LogP contribution in [0.3, 0.4) is 0 Å². The Bertz CT molecular complexity index is 697. The summed E-state index contributed by atoms with van der Waals surface area (Å²) in [5.74, 6) is 0. The highest BCUT2D eigenvalue weighted by molar-refractivity contribution is 9.10. The maximum Gasteiger partial charge on any atom is 0.238 e. The van der Waals surface area contributed by atoms with Gasteiger partial charge in [0, 0.05) is 10.2 Å². The van der Waals surface area contributed by atoms with Crippen LogP contribution in [0.4, 0.5) is 5.69 Å². The summed E-state index contributed by atoms with van der Waals surface area (Å²) in [6.07, 6.45) is 0.915. The molecule has 6 heteroatoms. The van der Waals surface area contributed by atoms with E-state index in [0.717, 1.165) is 16.6 Å². The lowest BCUT2D eigenvalue weighted by molar-refractivity contribution is 0.598. The maximum atomic E-state index is 11.2. The number of anilines is 1. The lowest BCUT2D eigenvalue weighted by Gasteiger charge is -2.19. The Kier molecular flexibility index (Phi) is 5.03. The Morgan fingerprint density at radius 1 is 1.10 bits per heavy atom. The third-order valence-corrected chi connectivity index (χ3v) is 4.66. The zero-order valence-electron chi connectivity index (χ0n) is 11.6. The first-order valence-electron chi connectivity index (χ1n) is 6.55. The second-order valence-electron chi connectivity index (χ2n) is 4.73. The summed E-state index contributed by atoms with van der Waals surface area (Å²) in [6, 6.07) is 14.8. The molecule has 2 aromatic carbocycles. The molecular formula is C15H17BrN2O2S. The summed E-state index contributed by atoms with van der Waals surface area (Å²) in [6.45, 7) is 2.10. The molecule has 112 valence electrons. The summed E-state index contributed by atoms with van der Waals surface area (Å²) in [5, 5.41) is 8.48. The predicted molar refractivity (Wildman–Crippen MR) is 88.6 cm³/mol. The van der Waals surface area contributed by atoms with Crippen LogP contribution in [0.5, 0.6) is 0 Å². The monoisotopic (exact) mass is 368 g/mol. The normalized spacial score (nSPS) is 12.9. The number of hydrogen-bond donors (Lipinski definition) is 2. The highest BCUT2D eigenvalue weighted by Gasteiger charge is 2.11. The van der Waals surface area contributed by atoms with E-state index in [2.05, 4.69) is 40.3 Å². The molecule has 1 atom stereocenters. The Morgan fingerprint density at radius 2 is 1.67 bits per heavy atom. The fourth-order valence-electron chi connectivity index (χ4n) is 2.06. The van der Waals surface area contributed by atoms with Crippen molar-refractivity contribution in [3.05, 3.63) is 58.6 Å². The van der Waals surface area contributed by atoms with Crippen LogP contribution in [0.25, 0.3) is 0 Å². The lowest BCUT2D eigenvalue weighted by atomic mass is 10.0. The van der Waals surface area contributed by atoms with E-state index in [4.69, 9.17) is 5.14 Å². The number of rotatable bonds is 5. The van der Waals surface area contributed by atoms with Gasteiger partial charge in [-0.05, 0) is 48.4 Å². The first-order chi connectivity index (χ1) is 9.90. The van der Waals surface area contributed by atoms with Gasteiger partial charge in [-0.3, -0.25) is 0 Å². The molecule has 0 heterocycles. The van der Waals surface area contributed by atoms with Gasteiger partial charge in [0.25, 0.3) is 0 Å². The van der Waals surface area contributed by atoms with E-state index in [1.807, 2.05) is 12.1 Å². The van der Waals surface area contributed by atoms with Crippen molar-refractivity contribution in [2.45, 2.75) is 24.3 Å². The Labute approximate surface area is 133 Å². The van der Waals surface area contributed by atoms with Crippen molar-refractivity contribution in [2.24, 2.45) is 5.14 Å². The summed E-state index contributed by atoms with van der Waals surface area (Å²) >= 11 is 3.42. The topological polar surface area (TPSA) is 72.2 Å². The molecule has 2 rings (SSSR count). The van der Waals surface area contributed by atoms with Gasteiger partial charge in [-0.2, -0.15) is 0 Å². The highest BCUT2D eigenvalue weighted by Crippen LogP contribution is 2.24. The van der Waals surface area contributed by atoms with Crippen LogP contribution in [-0.4, -0.2) is 8.42 Å². The van der Waals surface area contributed by atoms with E-state index in [9.17, 15) is 8.42 Å². The second kappa shape index (κ2) is 6.60. The molecule has 0 saturated carbocycles. The first kappa shape index (κ1) is 16.0. The average molecular weight is 369 g/mol.